The number of carbonyl (C=O) groups excluding carboxylic acids is 2. The molecule has 0 aromatic heterocycles. The van der Waals surface area contributed by atoms with Gasteiger partial charge in [0.2, 0.25) is 6.41 Å². The van der Waals surface area contributed by atoms with E-state index < -0.39 is 0 Å². The van der Waals surface area contributed by atoms with Crippen LogP contribution in [0.25, 0.3) is 0 Å². The van der Waals surface area contributed by atoms with Gasteiger partial charge in [-0.2, -0.15) is 11.8 Å². The first-order valence-electron chi connectivity index (χ1n) is 6.40. The van der Waals surface area contributed by atoms with Gasteiger partial charge in [-0.3, -0.25) is 9.59 Å². The summed E-state index contributed by atoms with van der Waals surface area (Å²) in [4.78, 5) is 24.2. The molecule has 0 aliphatic carbocycles. The maximum absolute atomic E-state index is 11.8. The van der Waals surface area contributed by atoms with Crippen LogP contribution in [0.1, 0.15) is 22.3 Å². The van der Waals surface area contributed by atoms with E-state index in [1.54, 1.807) is 23.9 Å². The molecule has 0 fully saturated rings. The third-order valence-electron chi connectivity index (χ3n) is 2.92. The molecule has 1 aromatic carbocycles. The standard InChI is InChI=1S/C13H15NO3S.CH5N/c15-5-4-14(9-16)11-1-2-12-10(7-11)8-18-6-3-13(12)17;1-2/h1-2,7,9,15H,3-6,8H2;2H2,1H3. The van der Waals surface area contributed by atoms with Crippen LogP contribution in [0, 0.1) is 0 Å². The Morgan fingerprint density at radius 1 is 1.45 bits per heavy atom. The lowest BCUT2D eigenvalue weighted by atomic mass is 10.0. The number of benzene rings is 1. The highest BCUT2D eigenvalue weighted by atomic mass is 32.2. The number of aliphatic hydroxyl groups excluding tert-OH is 1. The number of nitrogens with two attached hydrogens (primary N) is 1. The Bertz CT molecular complexity index is 466. The topological polar surface area (TPSA) is 83.6 Å². The number of aliphatic hydroxyl groups is 1. The SMILES string of the molecule is CN.O=CN(CCO)c1ccc2c(c1)CSCCC2=O. The molecule has 0 atom stereocenters. The van der Waals surface area contributed by atoms with E-state index in [0.717, 1.165) is 28.3 Å². The molecule has 6 heteroatoms. The normalized spacial score (nSPS) is 13.7. The van der Waals surface area contributed by atoms with Crippen LogP contribution in [0.5, 0.6) is 0 Å². The zero-order valence-corrected chi connectivity index (χ0v) is 12.4. The van der Waals surface area contributed by atoms with Gasteiger partial charge in [0, 0.05) is 35.7 Å². The van der Waals surface area contributed by atoms with Crippen molar-refractivity contribution in [1.29, 1.82) is 0 Å². The predicted molar refractivity (Wildman–Crippen MR) is 82.2 cm³/mol. The summed E-state index contributed by atoms with van der Waals surface area (Å²) >= 11 is 1.73. The van der Waals surface area contributed by atoms with E-state index in [0.29, 0.717) is 12.8 Å². The van der Waals surface area contributed by atoms with E-state index in [2.05, 4.69) is 5.73 Å². The lowest BCUT2D eigenvalue weighted by Crippen LogP contribution is -2.24. The molecular weight excluding hydrogens is 276 g/mol. The summed E-state index contributed by atoms with van der Waals surface area (Å²) in [5.74, 6) is 1.80. The molecule has 0 radical (unpaired) electrons. The highest BCUT2D eigenvalue weighted by Crippen LogP contribution is 2.27. The van der Waals surface area contributed by atoms with Gasteiger partial charge in [-0.15, -0.1) is 0 Å². The van der Waals surface area contributed by atoms with Gasteiger partial charge in [0.05, 0.1) is 6.61 Å². The fourth-order valence-corrected chi connectivity index (χ4v) is 2.92. The van der Waals surface area contributed by atoms with E-state index in [1.807, 2.05) is 6.07 Å². The molecule has 0 saturated heterocycles. The number of anilines is 1. The number of rotatable bonds is 4. The Kier molecular flexibility index (Phi) is 7.28. The van der Waals surface area contributed by atoms with Crippen LogP contribution in [-0.2, 0) is 10.5 Å². The summed E-state index contributed by atoms with van der Waals surface area (Å²) in [5.41, 5.74) is 6.97. The predicted octanol–water partition coefficient (Wildman–Crippen LogP) is 1.04. The maximum Gasteiger partial charge on any atom is 0.214 e. The minimum absolute atomic E-state index is 0.0799. The minimum Gasteiger partial charge on any atom is -0.395 e. The monoisotopic (exact) mass is 296 g/mol. The Morgan fingerprint density at radius 3 is 2.85 bits per heavy atom. The van der Waals surface area contributed by atoms with E-state index in [-0.39, 0.29) is 18.9 Å². The number of thioether (sulfide) groups is 1. The largest absolute Gasteiger partial charge is 0.395 e. The van der Waals surface area contributed by atoms with Gasteiger partial charge in [-0.25, -0.2) is 0 Å². The van der Waals surface area contributed by atoms with Gasteiger partial charge in [-0.1, -0.05) is 0 Å². The van der Waals surface area contributed by atoms with Crippen molar-refractivity contribution in [1.82, 2.24) is 0 Å². The molecule has 1 aromatic rings. The van der Waals surface area contributed by atoms with Gasteiger partial charge in [0.25, 0.3) is 0 Å². The average Bonchev–Trinajstić information content (AvgIpc) is 2.68. The summed E-state index contributed by atoms with van der Waals surface area (Å²) in [7, 11) is 1.50. The summed E-state index contributed by atoms with van der Waals surface area (Å²) in [6, 6.07) is 5.42. The number of hydrogen-bond donors (Lipinski definition) is 2. The third kappa shape index (κ3) is 4.06. The summed E-state index contributed by atoms with van der Waals surface area (Å²) in [5, 5.41) is 8.90. The maximum atomic E-state index is 11.8. The van der Waals surface area contributed by atoms with Gasteiger partial charge >= 0.3 is 0 Å². The summed E-state index contributed by atoms with van der Waals surface area (Å²) in [6.07, 6.45) is 1.27. The Morgan fingerprint density at radius 2 is 2.20 bits per heavy atom. The molecule has 1 aliphatic heterocycles. The second-order valence-electron chi connectivity index (χ2n) is 4.09. The lowest BCUT2D eigenvalue weighted by Gasteiger charge is -2.17. The molecular formula is C14H20N2O3S. The third-order valence-corrected chi connectivity index (χ3v) is 3.93. The molecule has 1 amide bonds. The Hall–Kier alpha value is -1.37. The summed E-state index contributed by atoms with van der Waals surface area (Å²) < 4.78 is 0. The van der Waals surface area contributed by atoms with Crippen molar-refractivity contribution in [2.24, 2.45) is 5.73 Å². The molecule has 1 heterocycles. The average molecular weight is 296 g/mol. The van der Waals surface area contributed by atoms with Crippen LogP contribution in [0.4, 0.5) is 5.69 Å². The molecule has 2 rings (SSSR count). The molecule has 0 saturated carbocycles. The fraction of sp³-hybridized carbons (Fsp3) is 0.429. The first-order chi connectivity index (χ1) is 9.76. The number of carbonyl (C=O) groups is 2. The molecule has 20 heavy (non-hydrogen) atoms. The van der Waals surface area contributed by atoms with E-state index in [4.69, 9.17) is 5.11 Å². The van der Waals surface area contributed by atoms with Crippen molar-refractivity contribution in [2.45, 2.75) is 12.2 Å². The second kappa shape index (κ2) is 8.73. The molecule has 110 valence electrons. The highest BCUT2D eigenvalue weighted by Gasteiger charge is 2.17. The fourth-order valence-electron chi connectivity index (χ4n) is 1.98. The molecule has 3 N–H and O–H groups in total. The second-order valence-corrected chi connectivity index (χ2v) is 5.19. The number of nitrogens with zero attached hydrogens (tertiary/aromatic N) is 1. The highest BCUT2D eigenvalue weighted by molar-refractivity contribution is 7.98. The first-order valence-corrected chi connectivity index (χ1v) is 7.56. The first kappa shape index (κ1) is 16.7. The van der Waals surface area contributed by atoms with Gasteiger partial charge in [-0.05, 0) is 30.8 Å². The number of hydrogen-bond acceptors (Lipinski definition) is 5. The lowest BCUT2D eigenvalue weighted by molar-refractivity contribution is -0.107. The van der Waals surface area contributed by atoms with Crippen LogP contribution in [-0.4, -0.2) is 43.3 Å². The van der Waals surface area contributed by atoms with Gasteiger partial charge < -0.3 is 15.7 Å². The van der Waals surface area contributed by atoms with Gasteiger partial charge in [0.1, 0.15) is 0 Å². The van der Waals surface area contributed by atoms with Crippen molar-refractivity contribution in [2.75, 3.05) is 30.9 Å². The molecule has 0 spiro atoms. The van der Waals surface area contributed by atoms with Crippen molar-refractivity contribution >= 4 is 29.6 Å². The van der Waals surface area contributed by atoms with Crippen molar-refractivity contribution in [3.63, 3.8) is 0 Å². The number of amides is 1. The Balaban J connectivity index is 0.000000956. The molecule has 5 nitrogen and oxygen atoms in total. The zero-order chi connectivity index (χ0) is 15.0. The molecule has 1 aliphatic rings. The van der Waals surface area contributed by atoms with E-state index in [9.17, 15) is 9.59 Å². The zero-order valence-electron chi connectivity index (χ0n) is 11.5. The number of fused-ring (bicyclic) bond motifs is 1. The van der Waals surface area contributed by atoms with Crippen LogP contribution >= 0.6 is 11.8 Å². The van der Waals surface area contributed by atoms with Crippen molar-refractivity contribution in [3.8, 4) is 0 Å². The quantitative estimate of drug-likeness (QED) is 0.811. The van der Waals surface area contributed by atoms with Crippen molar-refractivity contribution < 1.29 is 14.7 Å². The summed E-state index contributed by atoms with van der Waals surface area (Å²) in [6.45, 7) is 0.187. The smallest absolute Gasteiger partial charge is 0.214 e. The van der Waals surface area contributed by atoms with E-state index in [1.165, 1.54) is 11.9 Å². The van der Waals surface area contributed by atoms with Crippen LogP contribution < -0.4 is 10.6 Å². The Labute approximate surface area is 123 Å². The van der Waals surface area contributed by atoms with Crippen LogP contribution in [0.15, 0.2) is 18.2 Å². The van der Waals surface area contributed by atoms with E-state index >= 15 is 0 Å². The number of Topliss-reactive ketones (excluding diaryl/α,β-unsaturated/α-hetero) is 1. The molecule has 0 bridgehead atoms. The van der Waals surface area contributed by atoms with Crippen LogP contribution in [0.2, 0.25) is 0 Å². The van der Waals surface area contributed by atoms with Crippen molar-refractivity contribution in [3.05, 3.63) is 29.3 Å². The number of ketones is 1. The van der Waals surface area contributed by atoms with Crippen LogP contribution in [0.3, 0.4) is 0 Å². The molecule has 0 unspecified atom stereocenters. The minimum atomic E-state index is -0.0799. The van der Waals surface area contributed by atoms with Gasteiger partial charge in [0.15, 0.2) is 5.78 Å².